The maximum atomic E-state index is 13.5. The minimum absolute atomic E-state index is 0.171. The lowest BCUT2D eigenvalue weighted by atomic mass is 10.1. The van der Waals surface area contributed by atoms with Crippen LogP contribution in [0.15, 0.2) is 22.7 Å². The second kappa shape index (κ2) is 3.84. The van der Waals surface area contributed by atoms with Gasteiger partial charge in [-0.1, -0.05) is 5.16 Å². The molecule has 1 aromatic carbocycles. The topological polar surface area (TPSA) is 61.3 Å². The van der Waals surface area contributed by atoms with Gasteiger partial charge in [0.25, 0.3) is 0 Å². The Morgan fingerprint density at radius 2 is 2.12 bits per heavy atom. The quantitative estimate of drug-likeness (QED) is 0.847. The molecule has 0 spiro atoms. The van der Waals surface area contributed by atoms with Crippen molar-refractivity contribution in [1.29, 1.82) is 0 Å². The molecule has 2 rings (SSSR count). The number of nitrogens with zero attached hydrogens (tertiary/aromatic N) is 1. The summed E-state index contributed by atoms with van der Waals surface area (Å²) in [6.45, 7) is 1.65. The van der Waals surface area contributed by atoms with E-state index in [9.17, 15) is 4.39 Å². The van der Waals surface area contributed by atoms with E-state index in [1.54, 1.807) is 25.1 Å². The van der Waals surface area contributed by atoms with Crippen molar-refractivity contribution in [2.75, 3.05) is 12.8 Å². The molecule has 1 aromatic heterocycles. The van der Waals surface area contributed by atoms with E-state index >= 15 is 0 Å². The van der Waals surface area contributed by atoms with Crippen molar-refractivity contribution in [2.24, 2.45) is 0 Å². The first-order valence-electron chi connectivity index (χ1n) is 4.68. The smallest absolute Gasteiger partial charge is 0.169 e. The highest BCUT2D eigenvalue weighted by atomic mass is 19.1. The number of nitrogens with two attached hydrogens (primary N) is 1. The highest BCUT2D eigenvalue weighted by molar-refractivity contribution is 5.63. The monoisotopic (exact) mass is 222 g/mol. The summed E-state index contributed by atoms with van der Waals surface area (Å²) in [5.74, 6) is 0.568. The maximum absolute atomic E-state index is 13.5. The summed E-state index contributed by atoms with van der Waals surface area (Å²) in [7, 11) is 1.41. The van der Waals surface area contributed by atoms with E-state index in [0.717, 1.165) is 0 Å². The minimum Gasteiger partial charge on any atom is -0.494 e. The summed E-state index contributed by atoms with van der Waals surface area (Å²) in [5.41, 5.74) is 6.60. The second-order valence-corrected chi connectivity index (χ2v) is 3.43. The Bertz CT molecular complexity index is 523. The van der Waals surface area contributed by atoms with E-state index in [2.05, 4.69) is 5.16 Å². The Morgan fingerprint density at radius 3 is 2.69 bits per heavy atom. The van der Waals surface area contributed by atoms with Gasteiger partial charge in [-0.2, -0.15) is 0 Å². The van der Waals surface area contributed by atoms with Gasteiger partial charge in [0, 0.05) is 11.6 Å². The first kappa shape index (κ1) is 10.5. The van der Waals surface area contributed by atoms with Crippen molar-refractivity contribution in [2.45, 2.75) is 6.92 Å². The number of nitrogen functional groups attached to an aromatic ring is 1. The first-order valence-corrected chi connectivity index (χ1v) is 4.68. The van der Waals surface area contributed by atoms with Crippen molar-refractivity contribution >= 4 is 5.82 Å². The van der Waals surface area contributed by atoms with Crippen molar-refractivity contribution < 1.29 is 13.7 Å². The molecule has 4 nitrogen and oxygen atoms in total. The van der Waals surface area contributed by atoms with Gasteiger partial charge in [-0.15, -0.1) is 0 Å². The molecule has 0 atom stereocenters. The summed E-state index contributed by atoms with van der Waals surface area (Å²) in [5, 5.41) is 3.57. The van der Waals surface area contributed by atoms with Gasteiger partial charge < -0.3 is 15.0 Å². The Balaban J connectivity index is 2.54. The number of rotatable bonds is 2. The van der Waals surface area contributed by atoms with Crippen LogP contribution in [-0.2, 0) is 0 Å². The van der Waals surface area contributed by atoms with Crippen LogP contribution in [0.2, 0.25) is 0 Å². The van der Waals surface area contributed by atoms with Crippen LogP contribution in [0, 0.1) is 12.7 Å². The van der Waals surface area contributed by atoms with Crippen LogP contribution in [0.1, 0.15) is 5.56 Å². The third-order valence-electron chi connectivity index (χ3n) is 2.25. The number of ether oxygens (including phenoxy) is 1. The van der Waals surface area contributed by atoms with Crippen molar-refractivity contribution in [1.82, 2.24) is 5.16 Å². The lowest BCUT2D eigenvalue weighted by molar-refractivity contribution is 0.384. The van der Waals surface area contributed by atoms with Gasteiger partial charge in [0.15, 0.2) is 23.1 Å². The van der Waals surface area contributed by atoms with E-state index in [-0.39, 0.29) is 17.4 Å². The zero-order valence-corrected chi connectivity index (χ0v) is 8.95. The zero-order valence-electron chi connectivity index (χ0n) is 8.95. The van der Waals surface area contributed by atoms with Gasteiger partial charge >= 0.3 is 0 Å². The van der Waals surface area contributed by atoms with Gasteiger partial charge in [0.1, 0.15) is 0 Å². The molecule has 0 unspecified atom stereocenters. The number of methoxy groups -OCH3 is 1. The molecule has 0 aliphatic rings. The number of hydrogen-bond donors (Lipinski definition) is 1. The fourth-order valence-corrected chi connectivity index (χ4v) is 1.45. The Morgan fingerprint density at radius 1 is 1.38 bits per heavy atom. The summed E-state index contributed by atoms with van der Waals surface area (Å²) >= 11 is 0. The summed E-state index contributed by atoms with van der Waals surface area (Å²) in [6.07, 6.45) is 0. The van der Waals surface area contributed by atoms with E-state index in [1.807, 2.05) is 0 Å². The Kier molecular flexibility index (Phi) is 2.52. The summed E-state index contributed by atoms with van der Waals surface area (Å²) in [4.78, 5) is 0. The van der Waals surface area contributed by atoms with Gasteiger partial charge in [0.05, 0.1) is 7.11 Å². The largest absolute Gasteiger partial charge is 0.494 e. The average molecular weight is 222 g/mol. The van der Waals surface area contributed by atoms with E-state index in [1.165, 1.54) is 7.11 Å². The van der Waals surface area contributed by atoms with Crippen molar-refractivity contribution in [3.05, 3.63) is 29.6 Å². The van der Waals surface area contributed by atoms with Crippen LogP contribution in [0.3, 0.4) is 0 Å². The number of benzene rings is 1. The molecule has 0 saturated carbocycles. The molecule has 5 heteroatoms. The predicted octanol–water partition coefficient (Wildman–Crippen LogP) is 2.38. The third-order valence-corrected chi connectivity index (χ3v) is 2.25. The third kappa shape index (κ3) is 1.71. The first-order chi connectivity index (χ1) is 7.61. The average Bonchev–Trinajstić information content (AvgIpc) is 2.69. The summed E-state index contributed by atoms with van der Waals surface area (Å²) in [6, 6.07) is 4.77. The highest BCUT2D eigenvalue weighted by Gasteiger charge is 2.12. The lowest BCUT2D eigenvalue weighted by Crippen LogP contribution is -1.92. The molecule has 0 aliphatic carbocycles. The standard InChI is InChI=1S/C11H11FN2O2/c1-6-3-7(4-9(15-2)11(6)12)8-5-10(13)14-16-8/h3-5H,1-2H3,(H2,13,14). The van der Waals surface area contributed by atoms with Crippen LogP contribution >= 0.6 is 0 Å². The van der Waals surface area contributed by atoms with Gasteiger partial charge in [-0.05, 0) is 24.6 Å². The number of aryl methyl sites for hydroxylation is 1. The van der Waals surface area contributed by atoms with Crippen molar-refractivity contribution in [3.8, 4) is 17.1 Å². The molecule has 0 aliphatic heterocycles. The molecular weight excluding hydrogens is 211 g/mol. The lowest BCUT2D eigenvalue weighted by Gasteiger charge is -2.06. The number of hydrogen-bond acceptors (Lipinski definition) is 4. The summed E-state index contributed by atoms with van der Waals surface area (Å²) < 4.78 is 23.4. The van der Waals surface area contributed by atoms with Gasteiger partial charge in [-0.3, -0.25) is 0 Å². The SMILES string of the molecule is COc1cc(-c2cc(N)no2)cc(C)c1F. The van der Waals surface area contributed by atoms with E-state index in [4.69, 9.17) is 15.0 Å². The number of anilines is 1. The molecule has 0 radical (unpaired) electrons. The van der Waals surface area contributed by atoms with Crippen LogP contribution in [0.25, 0.3) is 11.3 Å². The van der Waals surface area contributed by atoms with Crippen LogP contribution in [0.5, 0.6) is 5.75 Å². The van der Waals surface area contributed by atoms with Gasteiger partial charge in [0.2, 0.25) is 0 Å². The fraction of sp³-hybridized carbons (Fsp3) is 0.182. The highest BCUT2D eigenvalue weighted by Crippen LogP contribution is 2.29. The molecule has 16 heavy (non-hydrogen) atoms. The molecule has 0 saturated heterocycles. The molecule has 0 bridgehead atoms. The van der Waals surface area contributed by atoms with Crippen LogP contribution in [-0.4, -0.2) is 12.3 Å². The van der Waals surface area contributed by atoms with Crippen LogP contribution in [0.4, 0.5) is 10.2 Å². The zero-order chi connectivity index (χ0) is 11.7. The predicted molar refractivity (Wildman–Crippen MR) is 57.6 cm³/mol. The fourth-order valence-electron chi connectivity index (χ4n) is 1.45. The van der Waals surface area contributed by atoms with Crippen molar-refractivity contribution in [3.63, 3.8) is 0 Å². The molecule has 2 aromatic rings. The Labute approximate surface area is 91.8 Å². The molecule has 0 fully saturated rings. The molecule has 0 amide bonds. The van der Waals surface area contributed by atoms with E-state index < -0.39 is 0 Å². The molecule has 2 N–H and O–H groups in total. The molecule has 84 valence electrons. The minimum atomic E-state index is -0.376. The normalized spacial score (nSPS) is 10.4. The van der Waals surface area contributed by atoms with E-state index in [0.29, 0.717) is 16.9 Å². The maximum Gasteiger partial charge on any atom is 0.169 e. The Hall–Kier alpha value is -2.04. The number of aromatic nitrogens is 1. The second-order valence-electron chi connectivity index (χ2n) is 3.43. The molecular formula is C11H11FN2O2. The molecule has 1 heterocycles. The van der Waals surface area contributed by atoms with Crippen LogP contribution < -0.4 is 10.5 Å². The van der Waals surface area contributed by atoms with Gasteiger partial charge in [-0.25, -0.2) is 4.39 Å². The number of halogens is 1.